The molecule has 0 aliphatic carbocycles. The number of allylic oxidation sites excluding steroid dienone is 4. The van der Waals surface area contributed by atoms with Crippen molar-refractivity contribution in [3.8, 4) is 0 Å². The molecule has 0 radical (unpaired) electrons. The Kier molecular flexibility index (Phi) is 34.7. The minimum Gasteiger partial charge on any atom is -0.462 e. The lowest BCUT2D eigenvalue weighted by Crippen LogP contribution is -2.29. The lowest BCUT2D eigenvalue weighted by atomic mass is 10.1. The molecule has 0 saturated heterocycles. The van der Waals surface area contributed by atoms with Gasteiger partial charge in [-0.1, -0.05) is 141 Å². The highest BCUT2D eigenvalue weighted by Gasteiger charge is 2.27. The number of ether oxygens (including phenoxy) is 2. The van der Waals surface area contributed by atoms with Crippen LogP contribution in [0, 0.1) is 0 Å². The number of carbonyl (C=O) groups is 2. The highest BCUT2D eigenvalue weighted by Crippen LogP contribution is 2.43. The van der Waals surface area contributed by atoms with Crippen LogP contribution in [-0.4, -0.2) is 65.7 Å². The van der Waals surface area contributed by atoms with Crippen LogP contribution in [0.5, 0.6) is 0 Å². The monoisotopic (exact) mass is 732 g/mol. The molecule has 11 heteroatoms. The van der Waals surface area contributed by atoms with Gasteiger partial charge in [0.1, 0.15) is 12.7 Å². The second-order valence-corrected chi connectivity index (χ2v) is 14.8. The zero-order chi connectivity index (χ0) is 37.0. The zero-order valence-electron chi connectivity index (χ0n) is 31.6. The normalized spacial score (nSPS) is 14.3. The molecule has 0 saturated carbocycles. The van der Waals surface area contributed by atoms with Gasteiger partial charge in [-0.15, -0.1) is 0 Å². The van der Waals surface area contributed by atoms with Crippen molar-refractivity contribution in [2.75, 3.05) is 26.4 Å². The number of hydrogen-bond acceptors (Lipinski definition) is 9. The first-order valence-corrected chi connectivity index (χ1v) is 21.3. The molecule has 0 heterocycles. The lowest BCUT2D eigenvalue weighted by molar-refractivity contribution is -0.161. The molecular weight excluding hydrogens is 659 g/mol. The van der Waals surface area contributed by atoms with E-state index in [4.69, 9.17) is 19.1 Å². The van der Waals surface area contributed by atoms with Gasteiger partial charge in [0.15, 0.2) is 6.10 Å². The van der Waals surface area contributed by atoms with Crippen LogP contribution in [0.3, 0.4) is 0 Å². The van der Waals surface area contributed by atoms with Crippen molar-refractivity contribution in [2.45, 2.75) is 187 Å². The summed E-state index contributed by atoms with van der Waals surface area (Å²) in [7, 11) is -4.61. The molecule has 294 valence electrons. The molecule has 1 unspecified atom stereocenters. The van der Waals surface area contributed by atoms with E-state index in [1.807, 2.05) is 0 Å². The number of phosphoric acid groups is 1. The van der Waals surface area contributed by atoms with Gasteiger partial charge in [0, 0.05) is 12.8 Å². The summed E-state index contributed by atoms with van der Waals surface area (Å²) in [4.78, 5) is 34.8. The average Bonchev–Trinajstić information content (AvgIpc) is 3.10. The van der Waals surface area contributed by atoms with Gasteiger partial charge in [0.05, 0.1) is 19.8 Å². The maximum absolute atomic E-state index is 12.6. The van der Waals surface area contributed by atoms with E-state index in [1.165, 1.54) is 77.0 Å². The minimum absolute atomic E-state index is 0.177. The first-order valence-electron chi connectivity index (χ1n) is 19.8. The van der Waals surface area contributed by atoms with Crippen LogP contribution in [0.1, 0.15) is 174 Å². The number of unbranched alkanes of at least 4 members (excludes halogenated alkanes) is 19. The van der Waals surface area contributed by atoms with E-state index in [0.29, 0.717) is 12.8 Å². The van der Waals surface area contributed by atoms with Gasteiger partial charge in [-0.2, -0.15) is 0 Å². The van der Waals surface area contributed by atoms with Gasteiger partial charge in [0.25, 0.3) is 0 Å². The van der Waals surface area contributed by atoms with Crippen molar-refractivity contribution < 1.29 is 47.8 Å². The van der Waals surface area contributed by atoms with Crippen LogP contribution in [0.15, 0.2) is 24.3 Å². The summed E-state index contributed by atoms with van der Waals surface area (Å²) in [5, 5.41) is 18.3. The Labute approximate surface area is 304 Å². The molecule has 0 aromatic heterocycles. The van der Waals surface area contributed by atoms with Gasteiger partial charge >= 0.3 is 19.8 Å². The molecular formula is C39H73O10P. The van der Waals surface area contributed by atoms with Crippen molar-refractivity contribution >= 4 is 19.8 Å². The predicted octanol–water partition coefficient (Wildman–Crippen LogP) is 9.83. The molecule has 0 rings (SSSR count). The van der Waals surface area contributed by atoms with Gasteiger partial charge in [-0.05, 0) is 44.9 Å². The van der Waals surface area contributed by atoms with Gasteiger partial charge in [-0.25, -0.2) is 4.57 Å². The highest BCUT2D eigenvalue weighted by molar-refractivity contribution is 7.47. The quantitative estimate of drug-likeness (QED) is 0.0244. The van der Waals surface area contributed by atoms with E-state index in [9.17, 15) is 24.2 Å². The van der Waals surface area contributed by atoms with Crippen molar-refractivity contribution in [3.63, 3.8) is 0 Å². The number of carbonyl (C=O) groups excluding carboxylic acids is 2. The Hall–Kier alpha value is -1.55. The van der Waals surface area contributed by atoms with E-state index in [-0.39, 0.29) is 19.4 Å². The average molecular weight is 733 g/mol. The van der Waals surface area contributed by atoms with E-state index >= 15 is 0 Å². The molecule has 10 nitrogen and oxygen atoms in total. The highest BCUT2D eigenvalue weighted by atomic mass is 31.2. The molecule has 0 amide bonds. The summed E-state index contributed by atoms with van der Waals surface area (Å²) in [6.07, 6.45) is 32.9. The fraction of sp³-hybridized carbons (Fsp3) is 0.846. The van der Waals surface area contributed by atoms with Crippen LogP contribution in [0.2, 0.25) is 0 Å². The summed E-state index contributed by atoms with van der Waals surface area (Å²) >= 11 is 0. The summed E-state index contributed by atoms with van der Waals surface area (Å²) in [6.45, 7) is 2.32. The molecule has 50 heavy (non-hydrogen) atoms. The Balaban J connectivity index is 4.33. The summed E-state index contributed by atoms with van der Waals surface area (Å²) in [5.74, 6) is -0.933. The predicted molar refractivity (Wildman–Crippen MR) is 201 cm³/mol. The fourth-order valence-corrected chi connectivity index (χ4v) is 6.05. The molecule has 0 bridgehead atoms. The fourth-order valence-electron chi connectivity index (χ4n) is 5.26. The molecule has 0 aromatic rings. The lowest BCUT2D eigenvalue weighted by Gasteiger charge is -2.20. The van der Waals surface area contributed by atoms with Crippen LogP contribution >= 0.6 is 7.82 Å². The molecule has 0 aliphatic rings. The Morgan fingerprint density at radius 2 is 1.04 bits per heavy atom. The Morgan fingerprint density at radius 1 is 0.600 bits per heavy atom. The van der Waals surface area contributed by atoms with Crippen LogP contribution < -0.4 is 0 Å². The molecule has 0 aliphatic heterocycles. The van der Waals surface area contributed by atoms with E-state index in [0.717, 1.165) is 57.8 Å². The largest absolute Gasteiger partial charge is 0.472 e. The van der Waals surface area contributed by atoms with E-state index < -0.39 is 51.8 Å². The number of hydrogen-bond donors (Lipinski definition) is 3. The topological polar surface area (TPSA) is 149 Å². The molecule has 3 N–H and O–H groups in total. The first kappa shape index (κ1) is 48.5. The third kappa shape index (κ3) is 34.9. The number of rotatable bonds is 37. The number of aliphatic hydroxyl groups excluding tert-OH is 2. The van der Waals surface area contributed by atoms with Gasteiger partial charge in [-0.3, -0.25) is 18.6 Å². The van der Waals surface area contributed by atoms with Crippen molar-refractivity contribution in [3.05, 3.63) is 24.3 Å². The second kappa shape index (κ2) is 35.8. The Bertz CT molecular complexity index is 894. The Morgan fingerprint density at radius 3 is 1.58 bits per heavy atom. The maximum atomic E-state index is 12.6. The van der Waals surface area contributed by atoms with Gasteiger partial charge in [0.2, 0.25) is 0 Å². The minimum atomic E-state index is -4.61. The number of esters is 2. The second-order valence-electron chi connectivity index (χ2n) is 13.3. The molecule has 0 aromatic carbocycles. The van der Waals surface area contributed by atoms with Gasteiger partial charge < -0.3 is 24.6 Å². The van der Waals surface area contributed by atoms with Crippen molar-refractivity contribution in [1.29, 1.82) is 0 Å². The smallest absolute Gasteiger partial charge is 0.462 e. The maximum Gasteiger partial charge on any atom is 0.472 e. The third-order valence-electron chi connectivity index (χ3n) is 8.36. The SMILES string of the molecule is CCCCC/C=C/C/C=C/CCCCCCCCCC(=O)O[C@H](COC(=O)CCCCCCCCCCCC)COP(=O)(O)OC[C@@H](O)CO. The summed E-state index contributed by atoms with van der Waals surface area (Å²) < 4.78 is 32.6. The van der Waals surface area contributed by atoms with Crippen molar-refractivity contribution in [2.24, 2.45) is 0 Å². The van der Waals surface area contributed by atoms with Crippen molar-refractivity contribution in [1.82, 2.24) is 0 Å². The van der Waals surface area contributed by atoms with E-state index in [1.54, 1.807) is 0 Å². The standard InChI is InChI=1S/C39H73O10P/c1-3-5-7-9-11-13-15-16-17-18-19-20-21-23-25-27-29-31-39(43)49-37(35-48-50(44,45)47-33-36(41)32-40)34-46-38(42)30-28-26-24-22-14-12-10-8-6-4-2/h11,13,16-17,36-37,40-41H,3-10,12,14-15,18-35H2,1-2H3,(H,44,45)/b13-11+,17-16+/t36-,37+/m0/s1. The van der Waals surface area contributed by atoms with E-state index in [2.05, 4.69) is 42.7 Å². The molecule has 0 spiro atoms. The third-order valence-corrected chi connectivity index (χ3v) is 9.31. The summed E-state index contributed by atoms with van der Waals surface area (Å²) in [5.41, 5.74) is 0. The van der Waals surface area contributed by atoms with Crippen LogP contribution in [0.4, 0.5) is 0 Å². The zero-order valence-corrected chi connectivity index (χ0v) is 32.5. The number of phosphoric ester groups is 1. The number of aliphatic hydroxyl groups is 2. The van der Waals surface area contributed by atoms with Crippen LogP contribution in [-0.2, 0) is 32.7 Å². The molecule has 0 fully saturated rings. The first-order chi connectivity index (χ1) is 24.2. The van der Waals surface area contributed by atoms with Crippen LogP contribution in [0.25, 0.3) is 0 Å². The molecule has 3 atom stereocenters. The summed E-state index contributed by atoms with van der Waals surface area (Å²) in [6, 6.07) is 0.